The van der Waals surface area contributed by atoms with Gasteiger partial charge in [-0.3, -0.25) is 4.79 Å². The Labute approximate surface area is 173 Å². The van der Waals surface area contributed by atoms with Crippen LogP contribution in [0.2, 0.25) is 0 Å². The molecule has 0 bridgehead atoms. The number of aromatic nitrogens is 1. The lowest BCUT2D eigenvalue weighted by Gasteiger charge is -2.27. The van der Waals surface area contributed by atoms with Gasteiger partial charge in [-0.1, -0.05) is 78.9 Å². The maximum atomic E-state index is 13.6. The molecule has 5 rings (SSSR count). The smallest absolute Gasteiger partial charge is 0.223 e. The summed E-state index contributed by atoms with van der Waals surface area (Å²) in [5, 5.41) is 11.6. The first-order valence-electron chi connectivity index (χ1n) is 9.77. The van der Waals surface area contributed by atoms with Crippen LogP contribution in [0.3, 0.4) is 0 Å². The maximum Gasteiger partial charge on any atom is 0.223 e. The molecule has 3 aromatic carbocycles. The van der Waals surface area contributed by atoms with Gasteiger partial charge in [0.25, 0.3) is 0 Å². The van der Waals surface area contributed by atoms with Crippen molar-refractivity contribution >= 4 is 22.6 Å². The third kappa shape index (κ3) is 2.63. The number of ether oxygens (including phenoxy) is 1. The van der Waals surface area contributed by atoms with E-state index in [9.17, 15) is 9.90 Å². The van der Waals surface area contributed by atoms with Gasteiger partial charge in [-0.15, -0.1) is 0 Å². The first-order valence-corrected chi connectivity index (χ1v) is 9.77. The first kappa shape index (κ1) is 18.2. The molecular weight excluding hydrogens is 376 g/mol. The Hall–Kier alpha value is -3.86. The number of carbonyl (C=O) groups excluding carboxylic acids is 1. The van der Waals surface area contributed by atoms with Gasteiger partial charge in [0.1, 0.15) is 5.56 Å². The van der Waals surface area contributed by atoms with Crippen molar-refractivity contribution in [1.82, 2.24) is 4.57 Å². The SMILES string of the molecule is Cn1c(O)c(C2=NCC(C(=O)c3ccccc3)(c3ccccc3)O2)c2ccccc21. The second kappa shape index (κ2) is 6.88. The lowest BCUT2D eigenvalue weighted by Crippen LogP contribution is -2.39. The molecule has 0 saturated heterocycles. The highest BCUT2D eigenvalue weighted by molar-refractivity contribution is 6.13. The van der Waals surface area contributed by atoms with Gasteiger partial charge >= 0.3 is 0 Å². The minimum atomic E-state index is -1.28. The van der Waals surface area contributed by atoms with E-state index < -0.39 is 5.60 Å². The van der Waals surface area contributed by atoms with Crippen molar-refractivity contribution < 1.29 is 14.6 Å². The average molecular weight is 396 g/mol. The Balaban J connectivity index is 1.64. The van der Waals surface area contributed by atoms with Crippen LogP contribution in [-0.2, 0) is 17.4 Å². The summed E-state index contributed by atoms with van der Waals surface area (Å²) in [5.74, 6) is 0.177. The summed E-state index contributed by atoms with van der Waals surface area (Å²) in [5.41, 5.74) is 1.38. The number of aromatic hydroxyl groups is 1. The van der Waals surface area contributed by atoms with Crippen molar-refractivity contribution in [3.05, 3.63) is 102 Å². The number of carbonyl (C=O) groups is 1. The van der Waals surface area contributed by atoms with E-state index in [0.29, 0.717) is 11.1 Å². The molecule has 0 amide bonds. The van der Waals surface area contributed by atoms with Gasteiger partial charge in [-0.25, -0.2) is 4.99 Å². The number of hydrogen-bond donors (Lipinski definition) is 1. The Bertz CT molecular complexity index is 1280. The van der Waals surface area contributed by atoms with Crippen LogP contribution < -0.4 is 0 Å². The number of aliphatic imine (C=N–C) groups is 1. The molecule has 1 aliphatic heterocycles. The van der Waals surface area contributed by atoms with Gasteiger partial charge in [0.05, 0.1) is 12.1 Å². The second-order valence-electron chi connectivity index (χ2n) is 7.39. The minimum absolute atomic E-state index is 0.0611. The molecule has 1 N–H and O–H groups in total. The van der Waals surface area contributed by atoms with Crippen LogP contribution in [0, 0.1) is 0 Å². The van der Waals surface area contributed by atoms with E-state index in [-0.39, 0.29) is 24.1 Å². The molecule has 30 heavy (non-hydrogen) atoms. The molecule has 5 nitrogen and oxygen atoms in total. The third-order valence-corrected chi connectivity index (χ3v) is 5.65. The molecule has 5 heteroatoms. The number of aryl methyl sites for hydroxylation is 1. The van der Waals surface area contributed by atoms with Gasteiger partial charge in [0.15, 0.2) is 0 Å². The van der Waals surface area contributed by atoms with Crippen LogP contribution in [0.15, 0.2) is 89.9 Å². The molecular formula is C25H20N2O3. The van der Waals surface area contributed by atoms with Crippen LogP contribution in [0.5, 0.6) is 5.88 Å². The predicted molar refractivity (Wildman–Crippen MR) is 116 cm³/mol. The normalized spacial score (nSPS) is 18.2. The standard InChI is InChI=1S/C25H20N2O3/c1-27-20-15-9-8-14-19(20)21(24(27)29)23-26-16-25(30-23,18-12-6-3-7-13-18)22(28)17-10-4-2-5-11-17/h2-15,29H,16H2,1H3. The van der Waals surface area contributed by atoms with E-state index in [1.54, 1.807) is 23.7 Å². The summed E-state index contributed by atoms with van der Waals surface area (Å²) < 4.78 is 8.06. The molecule has 0 saturated carbocycles. The highest BCUT2D eigenvalue weighted by Gasteiger charge is 2.48. The largest absolute Gasteiger partial charge is 0.494 e. The topological polar surface area (TPSA) is 63.8 Å². The van der Waals surface area contributed by atoms with E-state index in [1.807, 2.05) is 72.8 Å². The zero-order valence-electron chi connectivity index (χ0n) is 16.4. The quantitative estimate of drug-likeness (QED) is 0.519. The van der Waals surface area contributed by atoms with Crippen LogP contribution in [0.25, 0.3) is 10.9 Å². The molecule has 0 aliphatic carbocycles. The van der Waals surface area contributed by atoms with Crippen molar-refractivity contribution in [3.63, 3.8) is 0 Å². The lowest BCUT2D eigenvalue weighted by atomic mass is 9.86. The first-order chi connectivity index (χ1) is 14.6. The highest BCUT2D eigenvalue weighted by Crippen LogP contribution is 2.39. The van der Waals surface area contributed by atoms with E-state index in [0.717, 1.165) is 16.5 Å². The Morgan fingerprint density at radius 1 is 0.967 bits per heavy atom. The van der Waals surface area contributed by atoms with Crippen molar-refractivity contribution in [3.8, 4) is 5.88 Å². The summed E-state index contributed by atoms with van der Waals surface area (Å²) in [6.45, 7) is 0.142. The Morgan fingerprint density at radius 3 is 2.33 bits per heavy atom. The summed E-state index contributed by atoms with van der Waals surface area (Å²) in [7, 11) is 1.79. The molecule has 0 spiro atoms. The number of para-hydroxylation sites is 1. The maximum absolute atomic E-state index is 13.6. The van der Waals surface area contributed by atoms with E-state index in [4.69, 9.17) is 4.74 Å². The lowest BCUT2D eigenvalue weighted by molar-refractivity contribution is 0.0504. The summed E-state index contributed by atoms with van der Waals surface area (Å²) in [6.07, 6.45) is 0. The van der Waals surface area contributed by atoms with Crippen LogP contribution in [0.1, 0.15) is 21.5 Å². The fourth-order valence-corrected chi connectivity index (χ4v) is 4.06. The number of hydrogen-bond acceptors (Lipinski definition) is 4. The zero-order valence-corrected chi connectivity index (χ0v) is 16.4. The number of benzene rings is 3. The van der Waals surface area contributed by atoms with E-state index in [1.165, 1.54) is 0 Å². The van der Waals surface area contributed by atoms with Crippen LogP contribution >= 0.6 is 0 Å². The summed E-state index contributed by atoms with van der Waals surface area (Å²) in [4.78, 5) is 18.2. The molecule has 1 unspecified atom stereocenters. The van der Waals surface area contributed by atoms with Crippen molar-refractivity contribution in [2.75, 3.05) is 6.54 Å². The van der Waals surface area contributed by atoms with Crippen LogP contribution in [0.4, 0.5) is 0 Å². The molecule has 1 aromatic heterocycles. The number of fused-ring (bicyclic) bond motifs is 1. The summed E-state index contributed by atoms with van der Waals surface area (Å²) >= 11 is 0. The Kier molecular flexibility index (Phi) is 4.17. The number of rotatable bonds is 4. The zero-order chi connectivity index (χ0) is 20.7. The molecule has 0 radical (unpaired) electrons. The van der Waals surface area contributed by atoms with Crippen LogP contribution in [-0.4, -0.2) is 27.9 Å². The summed E-state index contributed by atoms with van der Waals surface area (Å²) in [6, 6.07) is 26.2. The van der Waals surface area contributed by atoms with Crippen molar-refractivity contribution in [1.29, 1.82) is 0 Å². The predicted octanol–water partition coefficient (Wildman–Crippen LogP) is 4.44. The molecule has 1 aliphatic rings. The monoisotopic (exact) mass is 396 g/mol. The number of nitrogens with zero attached hydrogens (tertiary/aromatic N) is 2. The van der Waals surface area contributed by atoms with Gasteiger partial charge in [0.2, 0.25) is 23.2 Å². The van der Waals surface area contributed by atoms with Gasteiger partial charge < -0.3 is 14.4 Å². The average Bonchev–Trinajstić information content (AvgIpc) is 3.35. The van der Waals surface area contributed by atoms with Crippen molar-refractivity contribution in [2.45, 2.75) is 5.60 Å². The minimum Gasteiger partial charge on any atom is -0.494 e. The molecule has 148 valence electrons. The fourth-order valence-electron chi connectivity index (χ4n) is 4.06. The second-order valence-corrected chi connectivity index (χ2v) is 7.39. The fraction of sp³-hybridized carbons (Fsp3) is 0.120. The van der Waals surface area contributed by atoms with E-state index >= 15 is 0 Å². The molecule has 0 fully saturated rings. The number of ketones is 1. The van der Waals surface area contributed by atoms with Crippen molar-refractivity contribution in [2.24, 2.45) is 12.0 Å². The number of Topliss-reactive ketones (excluding diaryl/α,β-unsaturated/α-hetero) is 1. The Morgan fingerprint density at radius 2 is 1.60 bits per heavy atom. The highest BCUT2D eigenvalue weighted by atomic mass is 16.5. The van der Waals surface area contributed by atoms with E-state index in [2.05, 4.69) is 4.99 Å². The third-order valence-electron chi connectivity index (χ3n) is 5.65. The molecule has 2 heterocycles. The molecule has 1 atom stereocenters. The van der Waals surface area contributed by atoms with Gasteiger partial charge in [0, 0.05) is 23.6 Å². The molecule has 4 aromatic rings. The van der Waals surface area contributed by atoms with Gasteiger partial charge in [-0.2, -0.15) is 0 Å². The van der Waals surface area contributed by atoms with Gasteiger partial charge in [-0.05, 0) is 6.07 Å².